The van der Waals surface area contributed by atoms with Gasteiger partial charge in [-0.15, -0.1) is 0 Å². The molecule has 0 saturated carbocycles. The van der Waals surface area contributed by atoms with Crippen LogP contribution in [0.5, 0.6) is 5.75 Å². The molecule has 0 aliphatic carbocycles. The minimum atomic E-state index is -0.598. The molecule has 0 fully saturated rings. The Hall–Kier alpha value is -2.63. The smallest absolute Gasteiger partial charge is 0.310 e. The summed E-state index contributed by atoms with van der Waals surface area (Å²) in [5.41, 5.74) is 0.823. The summed E-state index contributed by atoms with van der Waals surface area (Å²) in [7, 11) is 1.36. The van der Waals surface area contributed by atoms with E-state index >= 15 is 0 Å². The van der Waals surface area contributed by atoms with Gasteiger partial charge in [-0.25, -0.2) is 4.39 Å². The Bertz CT molecular complexity index is 637. The number of hydrogen-bond acceptors (Lipinski definition) is 4. The van der Waals surface area contributed by atoms with Crippen molar-refractivity contribution >= 4 is 11.8 Å². The summed E-state index contributed by atoms with van der Waals surface area (Å²) in [5, 5.41) is 0. The molecule has 0 aliphatic rings. The van der Waals surface area contributed by atoms with Crippen LogP contribution in [-0.2, 0) is 16.0 Å². The van der Waals surface area contributed by atoms with Crippen LogP contribution < -0.4 is 4.74 Å². The van der Waals surface area contributed by atoms with Gasteiger partial charge in [-0.2, -0.15) is 0 Å². The number of Topliss-reactive ketones (excluding diaryl/α,β-unsaturated/α-hetero) is 1. The maximum Gasteiger partial charge on any atom is 0.310 e. The summed E-state index contributed by atoms with van der Waals surface area (Å²) in [6.45, 7) is -0.349. The van der Waals surface area contributed by atoms with Gasteiger partial charge in [0.05, 0.1) is 19.2 Å². The fourth-order valence-electron chi connectivity index (χ4n) is 1.77. The Morgan fingerprint density at radius 2 is 2.10 bits per heavy atom. The molecule has 21 heavy (non-hydrogen) atoms. The van der Waals surface area contributed by atoms with E-state index in [0.717, 1.165) is 0 Å². The second-order valence-electron chi connectivity index (χ2n) is 4.31. The summed E-state index contributed by atoms with van der Waals surface area (Å²) in [6.07, 6.45) is 1.49. The lowest BCUT2D eigenvalue weighted by Gasteiger charge is -2.06. The number of benzene rings is 1. The molecule has 0 bridgehead atoms. The van der Waals surface area contributed by atoms with Gasteiger partial charge in [0.2, 0.25) is 5.78 Å². The summed E-state index contributed by atoms with van der Waals surface area (Å²) in [5.74, 6) is -1.37. The number of nitrogens with one attached hydrogen (secondary N) is 1. The molecule has 0 unspecified atom stereocenters. The molecule has 0 atom stereocenters. The van der Waals surface area contributed by atoms with E-state index in [9.17, 15) is 14.0 Å². The number of ether oxygens (including phenoxy) is 2. The second-order valence-corrected chi connectivity index (χ2v) is 4.31. The van der Waals surface area contributed by atoms with Gasteiger partial charge in [0.25, 0.3) is 0 Å². The van der Waals surface area contributed by atoms with E-state index in [1.807, 2.05) is 0 Å². The van der Waals surface area contributed by atoms with E-state index in [2.05, 4.69) is 4.98 Å². The minimum absolute atomic E-state index is 0.106. The van der Waals surface area contributed by atoms with Gasteiger partial charge < -0.3 is 14.5 Å². The van der Waals surface area contributed by atoms with E-state index in [1.54, 1.807) is 24.4 Å². The van der Waals surface area contributed by atoms with E-state index in [4.69, 9.17) is 9.47 Å². The Balaban J connectivity index is 1.87. The zero-order valence-corrected chi connectivity index (χ0v) is 11.4. The van der Waals surface area contributed by atoms with E-state index < -0.39 is 11.8 Å². The maximum atomic E-state index is 13.5. The predicted molar refractivity (Wildman–Crippen MR) is 72.7 cm³/mol. The molecule has 1 aromatic carbocycles. The molecule has 5 nitrogen and oxygen atoms in total. The van der Waals surface area contributed by atoms with Crippen molar-refractivity contribution in [3.63, 3.8) is 0 Å². The third-order valence-electron chi connectivity index (χ3n) is 2.83. The van der Waals surface area contributed by atoms with Crippen molar-refractivity contribution in [2.45, 2.75) is 6.42 Å². The molecule has 2 aromatic rings. The normalized spacial score (nSPS) is 10.2. The average molecular weight is 291 g/mol. The fraction of sp³-hybridized carbons (Fsp3) is 0.200. The second kappa shape index (κ2) is 6.69. The molecule has 0 amide bonds. The number of rotatable bonds is 6. The molecule has 0 spiro atoms. The Morgan fingerprint density at radius 1 is 1.29 bits per heavy atom. The van der Waals surface area contributed by atoms with Gasteiger partial charge in [-0.1, -0.05) is 6.07 Å². The third kappa shape index (κ3) is 3.92. The number of aromatic nitrogens is 1. The Morgan fingerprint density at radius 3 is 2.71 bits per heavy atom. The number of hydrogen-bond donors (Lipinski definition) is 1. The first-order valence-corrected chi connectivity index (χ1v) is 6.25. The highest BCUT2D eigenvalue weighted by Crippen LogP contribution is 2.18. The minimum Gasteiger partial charge on any atom is -0.494 e. The lowest BCUT2D eigenvalue weighted by molar-refractivity contribution is -0.141. The summed E-state index contributed by atoms with van der Waals surface area (Å²) < 4.78 is 23.1. The fourth-order valence-corrected chi connectivity index (χ4v) is 1.77. The van der Waals surface area contributed by atoms with Crippen LogP contribution in [-0.4, -0.2) is 30.5 Å². The highest BCUT2D eigenvalue weighted by Gasteiger charge is 2.12. The van der Waals surface area contributed by atoms with Crippen molar-refractivity contribution in [2.75, 3.05) is 13.7 Å². The van der Waals surface area contributed by atoms with Crippen molar-refractivity contribution < 1.29 is 23.5 Å². The Kier molecular flexibility index (Phi) is 4.71. The van der Waals surface area contributed by atoms with E-state index in [-0.39, 0.29) is 24.6 Å². The van der Waals surface area contributed by atoms with Crippen molar-refractivity contribution in [1.82, 2.24) is 4.98 Å². The van der Waals surface area contributed by atoms with Gasteiger partial charge in [0.1, 0.15) is 0 Å². The van der Waals surface area contributed by atoms with Crippen LogP contribution in [0.25, 0.3) is 0 Å². The number of esters is 1. The van der Waals surface area contributed by atoms with Gasteiger partial charge >= 0.3 is 5.97 Å². The van der Waals surface area contributed by atoms with Gasteiger partial charge in [0.15, 0.2) is 18.2 Å². The van der Waals surface area contributed by atoms with Gasteiger partial charge in [-0.05, 0) is 29.8 Å². The highest BCUT2D eigenvalue weighted by atomic mass is 19.1. The van der Waals surface area contributed by atoms with Gasteiger partial charge in [-0.3, -0.25) is 9.59 Å². The van der Waals surface area contributed by atoms with Crippen LogP contribution in [0.4, 0.5) is 4.39 Å². The van der Waals surface area contributed by atoms with Crippen LogP contribution in [0, 0.1) is 5.82 Å². The number of halogens is 1. The molecule has 110 valence electrons. The van der Waals surface area contributed by atoms with Crippen LogP contribution >= 0.6 is 0 Å². The SMILES string of the molecule is COc1ccc(CC(=O)OCC(=O)c2ccc[nH]2)cc1F. The molecule has 0 aliphatic heterocycles. The summed E-state index contributed by atoms with van der Waals surface area (Å²) in [4.78, 5) is 26.0. The number of carbonyl (C=O) groups is 2. The molecule has 0 saturated heterocycles. The van der Waals surface area contributed by atoms with Crippen LogP contribution in [0.2, 0.25) is 0 Å². The van der Waals surface area contributed by atoms with E-state index in [0.29, 0.717) is 11.3 Å². The monoisotopic (exact) mass is 291 g/mol. The van der Waals surface area contributed by atoms with Crippen LogP contribution in [0.15, 0.2) is 36.5 Å². The number of ketones is 1. The number of carbonyl (C=O) groups excluding carboxylic acids is 2. The van der Waals surface area contributed by atoms with Gasteiger partial charge in [0, 0.05) is 6.20 Å². The summed E-state index contributed by atoms with van der Waals surface area (Å²) in [6, 6.07) is 7.47. The molecule has 1 heterocycles. The number of methoxy groups -OCH3 is 1. The third-order valence-corrected chi connectivity index (χ3v) is 2.83. The maximum absolute atomic E-state index is 13.5. The molecular weight excluding hydrogens is 277 g/mol. The van der Waals surface area contributed by atoms with Crippen molar-refractivity contribution in [2.24, 2.45) is 0 Å². The zero-order chi connectivity index (χ0) is 15.2. The zero-order valence-electron chi connectivity index (χ0n) is 11.4. The number of H-pyrrole nitrogens is 1. The average Bonchev–Trinajstić information content (AvgIpc) is 2.99. The molecule has 6 heteroatoms. The van der Waals surface area contributed by atoms with Crippen LogP contribution in [0.1, 0.15) is 16.1 Å². The topological polar surface area (TPSA) is 68.4 Å². The molecule has 0 radical (unpaired) electrons. The quantitative estimate of drug-likeness (QED) is 0.654. The number of aromatic amines is 1. The van der Waals surface area contributed by atoms with E-state index in [1.165, 1.54) is 19.2 Å². The summed E-state index contributed by atoms with van der Waals surface area (Å²) >= 11 is 0. The first-order valence-electron chi connectivity index (χ1n) is 6.25. The Labute approximate surface area is 120 Å². The molecule has 2 rings (SSSR count). The molecular formula is C15H14FNO4. The van der Waals surface area contributed by atoms with Crippen LogP contribution in [0.3, 0.4) is 0 Å². The molecule has 1 aromatic heterocycles. The lowest BCUT2D eigenvalue weighted by Crippen LogP contribution is -2.16. The van der Waals surface area contributed by atoms with Crippen molar-refractivity contribution in [3.8, 4) is 5.75 Å². The molecule has 1 N–H and O–H groups in total. The predicted octanol–water partition coefficient (Wildman–Crippen LogP) is 2.13. The van der Waals surface area contributed by atoms with Crippen molar-refractivity contribution in [3.05, 3.63) is 53.6 Å². The first kappa shape index (κ1) is 14.8. The largest absolute Gasteiger partial charge is 0.494 e. The van der Waals surface area contributed by atoms with Crippen molar-refractivity contribution in [1.29, 1.82) is 0 Å². The standard InChI is InChI=1S/C15H14FNO4/c1-20-14-5-4-10(7-11(14)16)8-15(19)21-9-13(18)12-3-2-6-17-12/h2-7,17H,8-9H2,1H3. The lowest BCUT2D eigenvalue weighted by atomic mass is 10.1. The highest BCUT2D eigenvalue weighted by molar-refractivity contribution is 5.96. The first-order chi connectivity index (χ1) is 10.1.